The summed E-state index contributed by atoms with van der Waals surface area (Å²) in [5.74, 6) is 0. The Hall–Kier alpha value is -1.06. The predicted molar refractivity (Wildman–Crippen MR) is 80.8 cm³/mol. The van der Waals surface area contributed by atoms with Gasteiger partial charge in [0.1, 0.15) is 0 Å². The zero-order chi connectivity index (χ0) is 13.6. The number of aliphatic hydroxyl groups excluding tert-OH is 1. The van der Waals surface area contributed by atoms with Crippen LogP contribution < -0.4 is 0 Å². The second kappa shape index (κ2) is 4.80. The monoisotopic (exact) mass is 319 g/mol. The Morgan fingerprint density at radius 1 is 1.26 bits per heavy atom. The van der Waals surface area contributed by atoms with E-state index in [0.717, 1.165) is 29.3 Å². The highest BCUT2D eigenvalue weighted by atomic mass is 79.9. The molecule has 0 fully saturated rings. The molecule has 0 saturated carbocycles. The van der Waals surface area contributed by atoms with E-state index in [1.54, 1.807) is 0 Å². The first-order chi connectivity index (χ1) is 9.08. The lowest BCUT2D eigenvalue weighted by Gasteiger charge is -2.21. The van der Waals surface area contributed by atoms with Crippen molar-refractivity contribution >= 4 is 15.9 Å². The minimum atomic E-state index is -0.299. The van der Waals surface area contributed by atoms with Gasteiger partial charge in [0.05, 0.1) is 11.8 Å². The Labute approximate surface area is 122 Å². The summed E-state index contributed by atoms with van der Waals surface area (Å²) in [5.41, 5.74) is 5.99. The molecule has 2 aromatic rings. The van der Waals surface area contributed by atoms with Gasteiger partial charge >= 0.3 is 0 Å². The van der Waals surface area contributed by atoms with Crippen molar-refractivity contribution in [2.75, 3.05) is 0 Å². The van der Waals surface area contributed by atoms with E-state index >= 15 is 0 Å². The van der Waals surface area contributed by atoms with Gasteiger partial charge in [0.2, 0.25) is 0 Å². The summed E-state index contributed by atoms with van der Waals surface area (Å²) in [5, 5.41) is 10.1. The van der Waals surface area contributed by atoms with Crippen LogP contribution in [0.1, 0.15) is 41.5 Å². The third kappa shape index (κ3) is 2.15. The number of hydrogen-bond acceptors (Lipinski definition) is 1. The molecule has 1 N–H and O–H groups in total. The van der Waals surface area contributed by atoms with Gasteiger partial charge in [0.25, 0.3) is 0 Å². The first-order valence-corrected chi connectivity index (χ1v) is 7.53. The molecule has 1 aliphatic rings. The van der Waals surface area contributed by atoms with E-state index in [1.165, 1.54) is 22.6 Å². The van der Waals surface area contributed by atoms with Crippen molar-refractivity contribution in [1.29, 1.82) is 0 Å². The molecule has 2 nitrogen and oxygen atoms in total. The van der Waals surface area contributed by atoms with E-state index in [0.29, 0.717) is 0 Å². The zero-order valence-corrected chi connectivity index (χ0v) is 12.9. The van der Waals surface area contributed by atoms with E-state index in [-0.39, 0.29) is 6.10 Å². The number of halogens is 1. The topological polar surface area (TPSA) is 25.2 Å². The molecular formula is C16H18BrNO. The highest BCUT2D eigenvalue weighted by molar-refractivity contribution is 9.10. The molecule has 1 heterocycles. The van der Waals surface area contributed by atoms with E-state index < -0.39 is 0 Å². The number of benzene rings is 1. The average Bonchev–Trinajstić information content (AvgIpc) is 2.70. The minimum Gasteiger partial charge on any atom is -0.388 e. The smallest absolute Gasteiger partial charge is 0.0807 e. The van der Waals surface area contributed by atoms with Gasteiger partial charge in [-0.15, -0.1) is 0 Å². The summed E-state index contributed by atoms with van der Waals surface area (Å²) in [6.45, 7) is 4.22. The van der Waals surface area contributed by atoms with Crippen molar-refractivity contribution in [3.05, 3.63) is 51.3 Å². The van der Waals surface area contributed by atoms with Crippen LogP contribution in [-0.2, 0) is 6.42 Å². The summed E-state index contributed by atoms with van der Waals surface area (Å²) in [7, 11) is 0. The maximum absolute atomic E-state index is 10.1. The fourth-order valence-electron chi connectivity index (χ4n) is 3.01. The van der Waals surface area contributed by atoms with Crippen LogP contribution >= 0.6 is 15.9 Å². The summed E-state index contributed by atoms with van der Waals surface area (Å²) in [4.78, 5) is 0. The van der Waals surface area contributed by atoms with Gasteiger partial charge < -0.3 is 9.67 Å². The summed E-state index contributed by atoms with van der Waals surface area (Å²) < 4.78 is 3.38. The molecule has 0 saturated heterocycles. The van der Waals surface area contributed by atoms with Crippen LogP contribution in [0.3, 0.4) is 0 Å². The van der Waals surface area contributed by atoms with Gasteiger partial charge in [0, 0.05) is 21.4 Å². The Balaban J connectivity index is 2.23. The van der Waals surface area contributed by atoms with Crippen LogP contribution in [-0.4, -0.2) is 9.67 Å². The Kier molecular flexibility index (Phi) is 3.27. The van der Waals surface area contributed by atoms with Gasteiger partial charge in [-0.1, -0.05) is 6.07 Å². The maximum atomic E-state index is 10.1. The average molecular weight is 320 g/mol. The van der Waals surface area contributed by atoms with Gasteiger partial charge in [-0.25, -0.2) is 0 Å². The van der Waals surface area contributed by atoms with Crippen molar-refractivity contribution < 1.29 is 5.11 Å². The highest BCUT2D eigenvalue weighted by Gasteiger charge is 2.24. The first kappa shape index (κ1) is 12.9. The molecule has 100 valence electrons. The molecule has 1 atom stereocenters. The van der Waals surface area contributed by atoms with Crippen LogP contribution in [0.25, 0.3) is 5.69 Å². The minimum absolute atomic E-state index is 0.299. The number of aliphatic hydroxyl groups is 1. The molecule has 3 heteroatoms. The number of fused-ring (bicyclic) bond motifs is 1. The summed E-state index contributed by atoms with van der Waals surface area (Å²) >= 11 is 3.65. The molecule has 0 aliphatic heterocycles. The summed E-state index contributed by atoms with van der Waals surface area (Å²) in [6.07, 6.45) is 2.68. The third-order valence-electron chi connectivity index (χ3n) is 3.91. The van der Waals surface area contributed by atoms with Gasteiger partial charge in [-0.05, 0) is 72.8 Å². The van der Waals surface area contributed by atoms with E-state index in [1.807, 2.05) is 0 Å². The summed E-state index contributed by atoms with van der Waals surface area (Å²) in [6, 6.07) is 8.52. The molecule has 1 unspecified atom stereocenters. The van der Waals surface area contributed by atoms with E-state index in [9.17, 15) is 5.11 Å². The van der Waals surface area contributed by atoms with Gasteiger partial charge in [-0.3, -0.25) is 0 Å². The normalized spacial score (nSPS) is 18.4. The van der Waals surface area contributed by atoms with Crippen LogP contribution in [0.2, 0.25) is 0 Å². The molecule has 1 aliphatic carbocycles. The fraction of sp³-hybridized carbons (Fsp3) is 0.375. The number of rotatable bonds is 1. The Morgan fingerprint density at radius 2 is 2.05 bits per heavy atom. The van der Waals surface area contributed by atoms with Crippen molar-refractivity contribution in [3.8, 4) is 5.69 Å². The molecule has 1 aromatic heterocycles. The zero-order valence-electron chi connectivity index (χ0n) is 11.3. The Bertz CT molecular complexity index is 630. The molecule has 19 heavy (non-hydrogen) atoms. The second-order valence-corrected chi connectivity index (χ2v) is 6.24. The largest absolute Gasteiger partial charge is 0.388 e. The number of aryl methyl sites for hydroxylation is 2. The lowest BCUT2D eigenvalue weighted by Crippen LogP contribution is -2.11. The van der Waals surface area contributed by atoms with Crippen LogP contribution in [0.4, 0.5) is 0 Å². The van der Waals surface area contributed by atoms with Crippen LogP contribution in [0.5, 0.6) is 0 Å². The van der Waals surface area contributed by atoms with Crippen molar-refractivity contribution in [1.82, 2.24) is 4.57 Å². The first-order valence-electron chi connectivity index (χ1n) is 6.73. The lowest BCUT2D eigenvalue weighted by molar-refractivity contribution is 0.156. The van der Waals surface area contributed by atoms with Gasteiger partial charge in [-0.2, -0.15) is 0 Å². The molecule has 0 amide bonds. The maximum Gasteiger partial charge on any atom is 0.0807 e. The number of nitrogens with zero attached hydrogens (tertiary/aromatic N) is 1. The van der Waals surface area contributed by atoms with E-state index in [2.05, 4.69) is 58.6 Å². The highest BCUT2D eigenvalue weighted by Crippen LogP contribution is 2.35. The van der Waals surface area contributed by atoms with Gasteiger partial charge in [0.15, 0.2) is 0 Å². The van der Waals surface area contributed by atoms with Crippen molar-refractivity contribution in [2.24, 2.45) is 0 Å². The Morgan fingerprint density at radius 3 is 2.84 bits per heavy atom. The fourth-order valence-corrected chi connectivity index (χ4v) is 3.43. The molecule has 0 bridgehead atoms. The van der Waals surface area contributed by atoms with Crippen LogP contribution in [0.15, 0.2) is 28.7 Å². The molecule has 0 spiro atoms. The third-order valence-corrected chi connectivity index (χ3v) is 4.58. The lowest BCUT2D eigenvalue weighted by atomic mass is 9.95. The van der Waals surface area contributed by atoms with E-state index in [4.69, 9.17) is 0 Å². The molecular weight excluding hydrogens is 302 g/mol. The van der Waals surface area contributed by atoms with Crippen molar-refractivity contribution in [3.63, 3.8) is 0 Å². The quantitative estimate of drug-likeness (QED) is 0.836. The standard InChI is InChI=1S/C16H18BrNO/c1-10-6-7-13(17)15(8-10)18-11(2)9-12-14(18)4-3-5-16(12)19/h6-9,16,19H,3-5H2,1-2H3. The molecule has 0 radical (unpaired) electrons. The molecule has 3 rings (SSSR count). The second-order valence-electron chi connectivity index (χ2n) is 5.39. The van der Waals surface area contributed by atoms with Crippen LogP contribution in [0, 0.1) is 13.8 Å². The van der Waals surface area contributed by atoms with Crippen molar-refractivity contribution in [2.45, 2.75) is 39.2 Å². The number of hydrogen-bond donors (Lipinski definition) is 1. The number of aromatic nitrogens is 1. The predicted octanol–water partition coefficient (Wildman–Crippen LogP) is 4.23. The molecule has 1 aromatic carbocycles. The SMILES string of the molecule is Cc1ccc(Br)c(-n2c(C)cc3c2CCCC3O)c1.